The van der Waals surface area contributed by atoms with E-state index in [9.17, 15) is 9.59 Å². The van der Waals surface area contributed by atoms with Crippen molar-refractivity contribution in [1.29, 1.82) is 0 Å². The number of esters is 2. The van der Waals surface area contributed by atoms with E-state index in [-0.39, 0.29) is 17.6 Å². The fraction of sp³-hybridized carbons (Fsp3) is 0.857. The molecule has 1 fully saturated rings. The van der Waals surface area contributed by atoms with Gasteiger partial charge in [0.1, 0.15) is 0 Å². The molecule has 0 aromatic heterocycles. The molecule has 1 aliphatic heterocycles. The van der Waals surface area contributed by atoms with Gasteiger partial charge in [0.2, 0.25) is 6.79 Å². The first-order chi connectivity index (χ1) is 7.96. The average molecular weight is 256 g/mol. The Morgan fingerprint density at radius 3 is 1.50 bits per heavy atom. The Labute approximate surface area is 109 Å². The molecule has 0 spiro atoms. The van der Waals surface area contributed by atoms with Crippen LogP contribution < -0.4 is 0 Å². The van der Waals surface area contributed by atoms with Crippen molar-refractivity contribution in [2.75, 3.05) is 6.79 Å². The molecule has 0 radical (unpaired) electrons. The molecule has 0 aromatic rings. The number of cyclic esters (lactones) is 2. The zero-order chi connectivity index (χ0) is 14.2. The van der Waals surface area contributed by atoms with Crippen LogP contribution in [0, 0.1) is 16.2 Å². The van der Waals surface area contributed by atoms with Crippen LogP contribution in [0.4, 0.5) is 0 Å². The summed E-state index contributed by atoms with van der Waals surface area (Å²) < 4.78 is 9.95. The van der Waals surface area contributed by atoms with Crippen molar-refractivity contribution in [3.8, 4) is 0 Å². The minimum atomic E-state index is -1.16. The van der Waals surface area contributed by atoms with E-state index < -0.39 is 17.4 Å². The molecular formula is C14H24O4. The van der Waals surface area contributed by atoms with Crippen LogP contribution in [-0.2, 0) is 19.1 Å². The summed E-state index contributed by atoms with van der Waals surface area (Å²) in [5.74, 6) is -0.882. The number of carbonyl (C=O) groups excluding carboxylic acids is 2. The molecule has 0 aromatic carbocycles. The lowest BCUT2D eigenvalue weighted by molar-refractivity contribution is -0.207. The normalized spacial score (nSPS) is 20.3. The summed E-state index contributed by atoms with van der Waals surface area (Å²) in [5, 5.41) is 0. The summed E-state index contributed by atoms with van der Waals surface area (Å²) in [6.07, 6.45) is 0.879. The first-order valence-electron chi connectivity index (χ1n) is 6.31. The van der Waals surface area contributed by atoms with E-state index in [0.717, 1.165) is 0 Å². The van der Waals surface area contributed by atoms with Crippen LogP contribution in [0.3, 0.4) is 0 Å². The lowest BCUT2D eigenvalue weighted by Crippen LogP contribution is -2.50. The van der Waals surface area contributed by atoms with Gasteiger partial charge in [-0.3, -0.25) is 9.59 Å². The maximum atomic E-state index is 12.2. The fourth-order valence-electron chi connectivity index (χ4n) is 2.66. The summed E-state index contributed by atoms with van der Waals surface area (Å²) in [4.78, 5) is 24.3. The van der Waals surface area contributed by atoms with Crippen molar-refractivity contribution in [1.82, 2.24) is 0 Å². The first kappa shape index (κ1) is 15.0. The van der Waals surface area contributed by atoms with E-state index in [4.69, 9.17) is 9.47 Å². The molecule has 4 nitrogen and oxygen atoms in total. The minimum absolute atomic E-state index is 0.152. The lowest BCUT2D eigenvalue weighted by Gasteiger charge is -2.40. The minimum Gasteiger partial charge on any atom is -0.427 e. The van der Waals surface area contributed by atoms with Gasteiger partial charge in [-0.2, -0.15) is 0 Å². The maximum absolute atomic E-state index is 12.2. The van der Waals surface area contributed by atoms with Crippen LogP contribution in [0.15, 0.2) is 0 Å². The highest BCUT2D eigenvalue weighted by Crippen LogP contribution is 2.45. The number of rotatable bonds is 2. The molecule has 0 saturated carbocycles. The zero-order valence-corrected chi connectivity index (χ0v) is 12.3. The fourth-order valence-corrected chi connectivity index (χ4v) is 2.66. The van der Waals surface area contributed by atoms with Crippen molar-refractivity contribution in [3.05, 3.63) is 0 Å². The van der Waals surface area contributed by atoms with Gasteiger partial charge in [0.25, 0.3) is 0 Å². The summed E-state index contributed by atoms with van der Waals surface area (Å²) in [6, 6.07) is 0. The molecule has 0 N–H and O–H groups in total. The second kappa shape index (κ2) is 4.56. The average Bonchev–Trinajstić information content (AvgIpc) is 2.09. The Morgan fingerprint density at radius 1 is 0.889 bits per heavy atom. The highest BCUT2D eigenvalue weighted by molar-refractivity contribution is 6.01. The van der Waals surface area contributed by atoms with Crippen LogP contribution in [0.1, 0.15) is 54.4 Å². The molecular weight excluding hydrogens is 232 g/mol. The van der Waals surface area contributed by atoms with Crippen LogP contribution >= 0.6 is 0 Å². The Balaban J connectivity index is 3.14. The predicted molar refractivity (Wildman–Crippen MR) is 67.6 cm³/mol. The van der Waals surface area contributed by atoms with E-state index in [0.29, 0.717) is 12.8 Å². The Morgan fingerprint density at radius 2 is 1.22 bits per heavy atom. The van der Waals surface area contributed by atoms with Crippen molar-refractivity contribution >= 4 is 11.9 Å². The molecule has 1 saturated heterocycles. The molecule has 0 bridgehead atoms. The monoisotopic (exact) mass is 256 g/mol. The van der Waals surface area contributed by atoms with Gasteiger partial charge in [-0.15, -0.1) is 0 Å². The van der Waals surface area contributed by atoms with Gasteiger partial charge in [0.05, 0.1) is 0 Å². The number of hydrogen-bond donors (Lipinski definition) is 0. The number of carbonyl (C=O) groups is 2. The quantitative estimate of drug-likeness (QED) is 0.563. The molecule has 1 heterocycles. The largest absolute Gasteiger partial charge is 0.427 e. The predicted octanol–water partition coefficient (Wildman–Crippen LogP) is 2.90. The Kier molecular flexibility index (Phi) is 3.80. The highest BCUT2D eigenvalue weighted by atomic mass is 16.7. The molecule has 0 amide bonds. The summed E-state index contributed by atoms with van der Waals surface area (Å²) in [7, 11) is 0. The SMILES string of the molecule is CC(C)(C)CC1(CC(C)(C)C)C(=O)OCOC1=O. The zero-order valence-electron chi connectivity index (χ0n) is 12.3. The van der Waals surface area contributed by atoms with Crippen molar-refractivity contribution in [2.24, 2.45) is 16.2 Å². The molecule has 1 rings (SSSR count). The van der Waals surface area contributed by atoms with Gasteiger partial charge < -0.3 is 9.47 Å². The maximum Gasteiger partial charge on any atom is 0.326 e. The Bertz CT molecular complexity index is 310. The van der Waals surface area contributed by atoms with Crippen molar-refractivity contribution in [2.45, 2.75) is 54.4 Å². The smallest absolute Gasteiger partial charge is 0.326 e. The van der Waals surface area contributed by atoms with Crippen LogP contribution in [0.5, 0.6) is 0 Å². The van der Waals surface area contributed by atoms with Crippen LogP contribution in [0.25, 0.3) is 0 Å². The van der Waals surface area contributed by atoms with Crippen molar-refractivity contribution < 1.29 is 19.1 Å². The Hall–Kier alpha value is -1.06. The molecule has 0 aliphatic carbocycles. The highest BCUT2D eigenvalue weighted by Gasteiger charge is 2.54. The third-order valence-corrected chi connectivity index (χ3v) is 2.83. The van der Waals surface area contributed by atoms with E-state index in [1.165, 1.54) is 0 Å². The standard InChI is InChI=1S/C14H24O4/c1-12(2,3)7-14(8-13(4,5)6)10(15)17-9-18-11(14)16/h7-9H2,1-6H3. The molecule has 0 unspecified atom stereocenters. The van der Waals surface area contributed by atoms with Crippen LogP contribution in [0.2, 0.25) is 0 Å². The van der Waals surface area contributed by atoms with Gasteiger partial charge in [0.15, 0.2) is 5.41 Å². The summed E-state index contributed by atoms with van der Waals surface area (Å²) in [6.45, 7) is 11.8. The molecule has 4 heteroatoms. The number of hydrogen-bond acceptors (Lipinski definition) is 4. The van der Waals surface area contributed by atoms with Gasteiger partial charge in [-0.05, 0) is 23.7 Å². The van der Waals surface area contributed by atoms with Gasteiger partial charge >= 0.3 is 11.9 Å². The molecule has 1 aliphatic rings. The van der Waals surface area contributed by atoms with Crippen LogP contribution in [-0.4, -0.2) is 18.7 Å². The van der Waals surface area contributed by atoms with Gasteiger partial charge in [-0.1, -0.05) is 41.5 Å². The van der Waals surface area contributed by atoms with E-state index in [1.54, 1.807) is 0 Å². The van der Waals surface area contributed by atoms with E-state index >= 15 is 0 Å². The third-order valence-electron chi connectivity index (χ3n) is 2.83. The van der Waals surface area contributed by atoms with Crippen molar-refractivity contribution in [3.63, 3.8) is 0 Å². The molecule has 18 heavy (non-hydrogen) atoms. The van der Waals surface area contributed by atoms with E-state index in [2.05, 4.69) is 0 Å². The molecule has 104 valence electrons. The lowest BCUT2D eigenvalue weighted by atomic mass is 9.66. The van der Waals surface area contributed by atoms with E-state index in [1.807, 2.05) is 41.5 Å². The second-order valence-electron chi connectivity index (χ2n) is 7.54. The van der Waals surface area contributed by atoms with Gasteiger partial charge in [0, 0.05) is 0 Å². The summed E-state index contributed by atoms with van der Waals surface area (Å²) in [5.41, 5.74) is -1.46. The molecule has 0 atom stereocenters. The topological polar surface area (TPSA) is 52.6 Å². The second-order valence-corrected chi connectivity index (χ2v) is 7.54. The summed E-state index contributed by atoms with van der Waals surface area (Å²) >= 11 is 0. The first-order valence-corrected chi connectivity index (χ1v) is 6.31. The van der Waals surface area contributed by atoms with Gasteiger partial charge in [-0.25, -0.2) is 0 Å². The third kappa shape index (κ3) is 3.47. The number of ether oxygens (including phenoxy) is 2.